The van der Waals surface area contributed by atoms with Gasteiger partial charge in [0.2, 0.25) is 0 Å². The smallest absolute Gasteiger partial charge is 0.261 e. The van der Waals surface area contributed by atoms with Crippen molar-refractivity contribution >= 4 is 17.2 Å². The molecular formula is C18H19N3OS. The van der Waals surface area contributed by atoms with Crippen LogP contribution in [0.2, 0.25) is 0 Å². The van der Waals surface area contributed by atoms with Gasteiger partial charge in [0.05, 0.1) is 22.8 Å². The molecule has 0 fully saturated rings. The average molecular weight is 325 g/mol. The van der Waals surface area contributed by atoms with E-state index >= 15 is 0 Å². The van der Waals surface area contributed by atoms with E-state index in [9.17, 15) is 4.79 Å². The van der Waals surface area contributed by atoms with Crippen molar-refractivity contribution in [1.29, 1.82) is 0 Å². The minimum absolute atomic E-state index is 0.0458. The second-order valence-corrected chi connectivity index (χ2v) is 6.50. The van der Waals surface area contributed by atoms with Gasteiger partial charge in [0, 0.05) is 11.3 Å². The van der Waals surface area contributed by atoms with E-state index in [1.807, 2.05) is 60.4 Å². The Balaban J connectivity index is 1.84. The van der Waals surface area contributed by atoms with Gasteiger partial charge in [0.25, 0.3) is 5.91 Å². The molecule has 118 valence electrons. The van der Waals surface area contributed by atoms with Gasteiger partial charge in [-0.3, -0.25) is 4.79 Å². The number of amides is 1. The Kier molecular flexibility index (Phi) is 4.30. The number of nitrogens with one attached hydrogen (secondary N) is 1. The van der Waals surface area contributed by atoms with Gasteiger partial charge in [-0.2, -0.15) is 5.10 Å². The third kappa shape index (κ3) is 3.05. The molecule has 3 rings (SSSR count). The third-order valence-corrected chi connectivity index (χ3v) is 4.82. The van der Waals surface area contributed by atoms with Crippen molar-refractivity contribution in [2.45, 2.75) is 26.8 Å². The molecule has 0 bridgehead atoms. The lowest BCUT2D eigenvalue weighted by molar-refractivity contribution is 0.0944. The van der Waals surface area contributed by atoms with Gasteiger partial charge in [-0.1, -0.05) is 24.3 Å². The molecule has 0 aliphatic heterocycles. The van der Waals surface area contributed by atoms with E-state index in [0.29, 0.717) is 0 Å². The molecule has 1 amide bonds. The summed E-state index contributed by atoms with van der Waals surface area (Å²) in [5.41, 5.74) is 4.30. The standard InChI is InChI=1S/C18H19N3OS/c1-12-7-4-5-8-16(12)21-14(3)15(11-19-21)13(2)20-18(22)17-9-6-10-23-17/h4-11,13H,1-3H3,(H,20,22). The van der Waals surface area contributed by atoms with Gasteiger partial charge < -0.3 is 5.32 Å². The summed E-state index contributed by atoms with van der Waals surface area (Å²) < 4.78 is 1.93. The van der Waals surface area contributed by atoms with Crippen LogP contribution < -0.4 is 5.32 Å². The SMILES string of the molecule is Cc1ccccc1-n1ncc(C(C)NC(=O)c2cccs2)c1C. The Hall–Kier alpha value is -2.40. The number of rotatable bonds is 4. The average Bonchev–Trinajstić information content (AvgIpc) is 3.17. The Bertz CT molecular complexity index is 821. The van der Waals surface area contributed by atoms with Crippen molar-refractivity contribution in [2.24, 2.45) is 0 Å². The highest BCUT2D eigenvalue weighted by Crippen LogP contribution is 2.22. The Morgan fingerprint density at radius 2 is 2.00 bits per heavy atom. The zero-order valence-corrected chi connectivity index (χ0v) is 14.2. The minimum atomic E-state index is -0.0950. The fraction of sp³-hybridized carbons (Fsp3) is 0.222. The summed E-state index contributed by atoms with van der Waals surface area (Å²) in [4.78, 5) is 12.9. The van der Waals surface area contributed by atoms with Crippen LogP contribution in [0.5, 0.6) is 0 Å². The quantitative estimate of drug-likeness (QED) is 0.787. The summed E-state index contributed by atoms with van der Waals surface area (Å²) in [6, 6.07) is 11.8. The number of benzene rings is 1. The van der Waals surface area contributed by atoms with Gasteiger partial charge in [-0.25, -0.2) is 4.68 Å². The van der Waals surface area contributed by atoms with Crippen LogP contribution in [0, 0.1) is 13.8 Å². The predicted octanol–water partition coefficient (Wildman–Crippen LogP) is 4.04. The van der Waals surface area contributed by atoms with Gasteiger partial charge in [0.15, 0.2) is 0 Å². The summed E-state index contributed by atoms with van der Waals surface area (Å²) in [7, 11) is 0. The summed E-state index contributed by atoms with van der Waals surface area (Å²) in [6.07, 6.45) is 1.83. The van der Waals surface area contributed by atoms with E-state index in [1.165, 1.54) is 16.9 Å². The number of hydrogen-bond donors (Lipinski definition) is 1. The fourth-order valence-corrected chi connectivity index (χ4v) is 3.27. The van der Waals surface area contributed by atoms with Crippen LogP contribution in [0.4, 0.5) is 0 Å². The number of nitrogens with zero attached hydrogens (tertiary/aromatic N) is 2. The molecule has 1 N–H and O–H groups in total. The molecular weight excluding hydrogens is 306 g/mol. The number of aromatic nitrogens is 2. The highest BCUT2D eigenvalue weighted by atomic mass is 32.1. The second kappa shape index (κ2) is 6.38. The predicted molar refractivity (Wildman–Crippen MR) is 93.2 cm³/mol. The van der Waals surface area contributed by atoms with Crippen molar-refractivity contribution in [3.63, 3.8) is 0 Å². The first kappa shape index (κ1) is 15.5. The molecule has 1 unspecified atom stereocenters. The van der Waals surface area contributed by atoms with E-state index in [2.05, 4.69) is 23.4 Å². The molecule has 1 aromatic carbocycles. The molecule has 5 heteroatoms. The molecule has 2 aromatic heterocycles. The summed E-state index contributed by atoms with van der Waals surface area (Å²) >= 11 is 1.44. The van der Waals surface area contributed by atoms with Crippen molar-refractivity contribution in [1.82, 2.24) is 15.1 Å². The third-order valence-electron chi connectivity index (χ3n) is 3.95. The van der Waals surface area contributed by atoms with E-state index in [4.69, 9.17) is 0 Å². The molecule has 4 nitrogen and oxygen atoms in total. The van der Waals surface area contributed by atoms with Crippen LogP contribution in [0.15, 0.2) is 48.0 Å². The van der Waals surface area contributed by atoms with Crippen LogP contribution >= 0.6 is 11.3 Å². The van der Waals surface area contributed by atoms with Crippen LogP contribution in [0.25, 0.3) is 5.69 Å². The van der Waals surface area contributed by atoms with E-state index in [1.54, 1.807) is 0 Å². The van der Waals surface area contributed by atoms with Crippen molar-refractivity contribution in [3.05, 3.63) is 69.7 Å². The molecule has 0 radical (unpaired) electrons. The van der Waals surface area contributed by atoms with E-state index in [0.717, 1.165) is 21.8 Å². The first-order valence-electron chi connectivity index (χ1n) is 7.53. The highest BCUT2D eigenvalue weighted by molar-refractivity contribution is 7.12. The maximum atomic E-state index is 12.2. The second-order valence-electron chi connectivity index (χ2n) is 5.56. The lowest BCUT2D eigenvalue weighted by Crippen LogP contribution is -2.26. The van der Waals surface area contributed by atoms with Crippen LogP contribution in [-0.4, -0.2) is 15.7 Å². The molecule has 0 spiro atoms. The number of carbonyl (C=O) groups is 1. The lowest BCUT2D eigenvalue weighted by Gasteiger charge is -2.14. The Labute approximate surface area is 139 Å². The minimum Gasteiger partial charge on any atom is -0.345 e. The molecule has 23 heavy (non-hydrogen) atoms. The summed E-state index contributed by atoms with van der Waals surface area (Å²) in [5.74, 6) is -0.0458. The molecule has 0 saturated heterocycles. The van der Waals surface area contributed by atoms with Crippen LogP contribution in [-0.2, 0) is 0 Å². The maximum absolute atomic E-state index is 12.2. The van der Waals surface area contributed by atoms with Crippen LogP contribution in [0.1, 0.15) is 39.5 Å². The Morgan fingerprint density at radius 1 is 1.22 bits per heavy atom. The van der Waals surface area contributed by atoms with Gasteiger partial charge >= 0.3 is 0 Å². The fourth-order valence-electron chi connectivity index (χ4n) is 2.64. The van der Waals surface area contributed by atoms with E-state index < -0.39 is 0 Å². The summed E-state index contributed by atoms with van der Waals surface area (Å²) in [5, 5.41) is 9.45. The molecule has 1 atom stereocenters. The highest BCUT2D eigenvalue weighted by Gasteiger charge is 2.17. The molecule has 3 aromatic rings. The molecule has 0 aliphatic carbocycles. The number of thiophene rings is 1. The number of para-hydroxylation sites is 1. The maximum Gasteiger partial charge on any atom is 0.261 e. The van der Waals surface area contributed by atoms with Crippen LogP contribution in [0.3, 0.4) is 0 Å². The number of aryl methyl sites for hydroxylation is 1. The van der Waals surface area contributed by atoms with Crippen molar-refractivity contribution < 1.29 is 4.79 Å². The van der Waals surface area contributed by atoms with Gasteiger partial charge in [-0.15, -0.1) is 11.3 Å². The largest absolute Gasteiger partial charge is 0.345 e. The Morgan fingerprint density at radius 3 is 2.70 bits per heavy atom. The molecule has 0 aliphatic rings. The lowest BCUT2D eigenvalue weighted by atomic mass is 10.1. The molecule has 2 heterocycles. The number of hydrogen-bond acceptors (Lipinski definition) is 3. The van der Waals surface area contributed by atoms with Crippen molar-refractivity contribution in [3.8, 4) is 5.69 Å². The normalized spacial score (nSPS) is 12.1. The topological polar surface area (TPSA) is 46.9 Å². The number of carbonyl (C=O) groups excluding carboxylic acids is 1. The van der Waals surface area contributed by atoms with Gasteiger partial charge in [-0.05, 0) is 43.8 Å². The van der Waals surface area contributed by atoms with E-state index in [-0.39, 0.29) is 11.9 Å². The monoisotopic (exact) mass is 325 g/mol. The first-order valence-corrected chi connectivity index (χ1v) is 8.41. The van der Waals surface area contributed by atoms with Gasteiger partial charge in [0.1, 0.15) is 0 Å². The zero-order valence-electron chi connectivity index (χ0n) is 13.4. The summed E-state index contributed by atoms with van der Waals surface area (Å²) in [6.45, 7) is 6.08. The van der Waals surface area contributed by atoms with Crippen molar-refractivity contribution in [2.75, 3.05) is 0 Å². The first-order chi connectivity index (χ1) is 11.1. The molecule has 0 saturated carbocycles. The zero-order chi connectivity index (χ0) is 16.4.